The third-order valence-electron chi connectivity index (χ3n) is 3.47. The van der Waals surface area contributed by atoms with Crippen molar-refractivity contribution in [3.63, 3.8) is 0 Å². The van der Waals surface area contributed by atoms with Crippen molar-refractivity contribution in [1.29, 1.82) is 0 Å². The molecule has 3 aromatic rings. The molecule has 120 valence electrons. The Labute approximate surface area is 143 Å². The molecule has 0 amide bonds. The summed E-state index contributed by atoms with van der Waals surface area (Å²) in [5.41, 5.74) is 0.809. The molecular formula is C17H16BrNO3S. The van der Waals surface area contributed by atoms with E-state index in [1.165, 1.54) is 0 Å². The standard InChI is InChI=1S/C17H16BrNO3S/c1-12(10-14-11-13-6-2-4-8-16(13)22-14)19-23(20,21)17-9-5-3-7-15(17)18/h2-9,11-12,19H,10H2,1H3/t12-/m1/s1. The van der Waals surface area contributed by atoms with Crippen LogP contribution in [0.25, 0.3) is 11.0 Å². The smallest absolute Gasteiger partial charge is 0.241 e. The van der Waals surface area contributed by atoms with E-state index < -0.39 is 10.0 Å². The summed E-state index contributed by atoms with van der Waals surface area (Å²) in [5, 5.41) is 1.02. The number of nitrogens with one attached hydrogen (secondary N) is 1. The van der Waals surface area contributed by atoms with E-state index in [9.17, 15) is 8.42 Å². The monoisotopic (exact) mass is 393 g/mol. The molecule has 0 aliphatic rings. The van der Waals surface area contributed by atoms with Crippen molar-refractivity contribution in [2.24, 2.45) is 0 Å². The molecule has 0 spiro atoms. The summed E-state index contributed by atoms with van der Waals surface area (Å²) < 4.78 is 33.9. The van der Waals surface area contributed by atoms with Crippen molar-refractivity contribution in [3.05, 3.63) is 64.8 Å². The maximum absolute atomic E-state index is 12.5. The van der Waals surface area contributed by atoms with E-state index in [0.717, 1.165) is 16.7 Å². The van der Waals surface area contributed by atoms with Crippen LogP contribution in [-0.4, -0.2) is 14.5 Å². The molecule has 1 heterocycles. The van der Waals surface area contributed by atoms with Gasteiger partial charge < -0.3 is 4.42 Å². The zero-order valence-corrected chi connectivity index (χ0v) is 14.9. The average Bonchev–Trinajstić information content (AvgIpc) is 2.88. The minimum Gasteiger partial charge on any atom is -0.461 e. The number of furan rings is 1. The van der Waals surface area contributed by atoms with Crippen LogP contribution in [0.5, 0.6) is 0 Å². The fourth-order valence-electron chi connectivity index (χ4n) is 2.47. The normalized spacial score (nSPS) is 13.3. The van der Waals surface area contributed by atoms with Crippen LogP contribution < -0.4 is 4.72 Å². The number of hydrogen-bond acceptors (Lipinski definition) is 3. The van der Waals surface area contributed by atoms with E-state index >= 15 is 0 Å². The molecule has 23 heavy (non-hydrogen) atoms. The summed E-state index contributed by atoms with van der Waals surface area (Å²) >= 11 is 3.27. The largest absolute Gasteiger partial charge is 0.461 e. The lowest BCUT2D eigenvalue weighted by atomic mass is 10.2. The SMILES string of the molecule is C[C@H](Cc1cc2ccccc2o1)NS(=O)(=O)c1ccccc1Br. The minimum atomic E-state index is -3.58. The quantitative estimate of drug-likeness (QED) is 0.709. The van der Waals surface area contributed by atoms with E-state index in [4.69, 9.17) is 4.42 Å². The van der Waals surface area contributed by atoms with Crippen LogP contribution in [0.3, 0.4) is 0 Å². The maximum atomic E-state index is 12.5. The Morgan fingerprint density at radius 2 is 1.83 bits per heavy atom. The van der Waals surface area contributed by atoms with Gasteiger partial charge in [0.05, 0.1) is 4.90 Å². The lowest BCUT2D eigenvalue weighted by Gasteiger charge is -2.14. The van der Waals surface area contributed by atoms with Crippen LogP contribution >= 0.6 is 15.9 Å². The third-order valence-corrected chi connectivity index (χ3v) is 6.07. The van der Waals surface area contributed by atoms with Gasteiger partial charge in [-0.2, -0.15) is 0 Å². The molecule has 0 bridgehead atoms. The summed E-state index contributed by atoms with van der Waals surface area (Å²) in [6.45, 7) is 1.82. The summed E-state index contributed by atoms with van der Waals surface area (Å²) in [6.07, 6.45) is 0.484. The topological polar surface area (TPSA) is 59.3 Å². The number of sulfonamides is 1. The molecule has 1 aromatic heterocycles. The van der Waals surface area contributed by atoms with Crippen LogP contribution in [0.15, 0.2) is 68.4 Å². The highest BCUT2D eigenvalue weighted by atomic mass is 79.9. The molecular weight excluding hydrogens is 378 g/mol. The van der Waals surface area contributed by atoms with Crippen LogP contribution in [-0.2, 0) is 16.4 Å². The van der Waals surface area contributed by atoms with Crippen LogP contribution in [0.4, 0.5) is 0 Å². The van der Waals surface area contributed by atoms with Crippen molar-refractivity contribution in [2.75, 3.05) is 0 Å². The molecule has 3 rings (SSSR count). The fraction of sp³-hybridized carbons (Fsp3) is 0.176. The molecule has 0 radical (unpaired) electrons. The Morgan fingerprint density at radius 3 is 2.57 bits per heavy atom. The molecule has 0 saturated heterocycles. The molecule has 4 nitrogen and oxygen atoms in total. The number of para-hydroxylation sites is 1. The van der Waals surface area contributed by atoms with E-state index in [2.05, 4.69) is 20.7 Å². The van der Waals surface area contributed by atoms with Gasteiger partial charge >= 0.3 is 0 Å². The molecule has 0 saturated carbocycles. The second kappa shape index (κ2) is 6.47. The first-order valence-electron chi connectivity index (χ1n) is 7.20. The van der Waals surface area contributed by atoms with E-state index in [0.29, 0.717) is 10.9 Å². The van der Waals surface area contributed by atoms with Gasteiger partial charge in [-0.3, -0.25) is 0 Å². The molecule has 0 aliphatic heterocycles. The van der Waals surface area contributed by atoms with Gasteiger partial charge in [0.25, 0.3) is 0 Å². The second-order valence-corrected chi connectivity index (χ2v) is 7.94. The lowest BCUT2D eigenvalue weighted by Crippen LogP contribution is -2.34. The fourth-order valence-corrected chi connectivity index (χ4v) is 4.72. The van der Waals surface area contributed by atoms with Gasteiger partial charge in [0.2, 0.25) is 10.0 Å². The van der Waals surface area contributed by atoms with Crippen molar-refractivity contribution in [1.82, 2.24) is 4.72 Å². The first-order chi connectivity index (χ1) is 11.0. The molecule has 0 unspecified atom stereocenters. The molecule has 6 heteroatoms. The average molecular weight is 394 g/mol. The number of halogens is 1. The maximum Gasteiger partial charge on any atom is 0.241 e. The lowest BCUT2D eigenvalue weighted by molar-refractivity contribution is 0.504. The molecule has 1 atom stereocenters. The minimum absolute atomic E-state index is 0.233. The highest BCUT2D eigenvalue weighted by Gasteiger charge is 2.20. The van der Waals surface area contributed by atoms with Gasteiger partial charge in [0, 0.05) is 22.3 Å². The Hall–Kier alpha value is -1.63. The van der Waals surface area contributed by atoms with Gasteiger partial charge in [0.15, 0.2) is 0 Å². The van der Waals surface area contributed by atoms with Gasteiger partial charge in [-0.25, -0.2) is 13.1 Å². The Morgan fingerprint density at radius 1 is 1.13 bits per heavy atom. The highest BCUT2D eigenvalue weighted by Crippen LogP contribution is 2.23. The van der Waals surface area contributed by atoms with Gasteiger partial charge in [-0.05, 0) is 47.1 Å². The van der Waals surface area contributed by atoms with Crippen molar-refractivity contribution in [2.45, 2.75) is 24.3 Å². The van der Waals surface area contributed by atoms with Crippen LogP contribution in [0.1, 0.15) is 12.7 Å². The van der Waals surface area contributed by atoms with Gasteiger partial charge in [0.1, 0.15) is 11.3 Å². The van der Waals surface area contributed by atoms with Crippen molar-refractivity contribution >= 4 is 36.9 Å². The Kier molecular flexibility index (Phi) is 4.57. The number of hydrogen-bond donors (Lipinski definition) is 1. The summed E-state index contributed by atoms with van der Waals surface area (Å²) in [4.78, 5) is 0.233. The van der Waals surface area contributed by atoms with Crippen molar-refractivity contribution < 1.29 is 12.8 Å². The first-order valence-corrected chi connectivity index (χ1v) is 9.47. The van der Waals surface area contributed by atoms with Crippen LogP contribution in [0.2, 0.25) is 0 Å². The Bertz CT molecular complexity index is 901. The number of rotatable bonds is 5. The molecule has 0 fully saturated rings. The van der Waals surface area contributed by atoms with Crippen LogP contribution in [0, 0.1) is 0 Å². The van der Waals surface area contributed by atoms with Crippen molar-refractivity contribution in [3.8, 4) is 0 Å². The Balaban J connectivity index is 1.76. The van der Waals surface area contributed by atoms with Gasteiger partial charge in [-0.1, -0.05) is 30.3 Å². The zero-order chi connectivity index (χ0) is 16.4. The zero-order valence-electron chi connectivity index (χ0n) is 12.5. The second-order valence-electron chi connectivity index (χ2n) is 5.41. The van der Waals surface area contributed by atoms with E-state index in [-0.39, 0.29) is 10.9 Å². The third kappa shape index (κ3) is 3.65. The summed E-state index contributed by atoms with van der Waals surface area (Å²) in [7, 11) is -3.58. The van der Waals surface area contributed by atoms with Gasteiger partial charge in [-0.15, -0.1) is 0 Å². The predicted octanol–water partition coefficient (Wildman–Crippen LogP) is 4.10. The number of benzene rings is 2. The van der Waals surface area contributed by atoms with E-state index in [1.54, 1.807) is 24.3 Å². The number of fused-ring (bicyclic) bond motifs is 1. The van der Waals surface area contributed by atoms with E-state index in [1.807, 2.05) is 37.3 Å². The first kappa shape index (κ1) is 16.2. The molecule has 0 aliphatic carbocycles. The summed E-state index contributed by atoms with van der Waals surface area (Å²) in [6, 6.07) is 16.1. The molecule has 1 N–H and O–H groups in total. The highest BCUT2D eigenvalue weighted by molar-refractivity contribution is 9.10. The summed E-state index contributed by atoms with van der Waals surface area (Å²) in [5.74, 6) is 0.758. The predicted molar refractivity (Wildman–Crippen MR) is 93.8 cm³/mol. The molecule has 2 aromatic carbocycles.